The van der Waals surface area contributed by atoms with Crippen LogP contribution in [0.2, 0.25) is 0 Å². The summed E-state index contributed by atoms with van der Waals surface area (Å²) in [5, 5.41) is 2.56. The minimum atomic E-state index is -4.44. The molecule has 0 aliphatic heterocycles. The molecule has 0 saturated heterocycles. The molecule has 0 radical (unpaired) electrons. The first-order valence-electron chi connectivity index (χ1n) is 8.25. The molecule has 2 rings (SSSR count). The largest absolute Gasteiger partial charge is 0.467 e. The zero-order chi connectivity index (χ0) is 19.3. The molecule has 1 amide bonds. The van der Waals surface area contributed by atoms with Gasteiger partial charge in [-0.15, -0.1) is 0 Å². The average Bonchev–Trinajstić information content (AvgIpc) is 2.58. The summed E-state index contributed by atoms with van der Waals surface area (Å²) in [5.41, 5.74) is -0.409. The SMILES string of the molecule is COC(=O)[C@H](NC(=O)Cc1ccc(C(F)(F)F)cc1)[C@H]1CCCC(=O)C1. The number of amides is 1. The molecule has 26 heavy (non-hydrogen) atoms. The number of ketones is 1. The molecule has 1 aliphatic rings. The predicted molar refractivity (Wildman–Crippen MR) is 86.1 cm³/mol. The van der Waals surface area contributed by atoms with Gasteiger partial charge in [-0.1, -0.05) is 12.1 Å². The van der Waals surface area contributed by atoms with Crippen LogP contribution in [0, 0.1) is 5.92 Å². The van der Waals surface area contributed by atoms with E-state index in [2.05, 4.69) is 5.32 Å². The molecule has 8 heteroatoms. The van der Waals surface area contributed by atoms with Crippen molar-refractivity contribution in [3.05, 3.63) is 35.4 Å². The summed E-state index contributed by atoms with van der Waals surface area (Å²) in [6, 6.07) is 3.31. The van der Waals surface area contributed by atoms with E-state index in [9.17, 15) is 27.6 Å². The Bertz CT molecular complexity index is 670. The molecule has 0 unspecified atom stereocenters. The number of hydrogen-bond acceptors (Lipinski definition) is 4. The summed E-state index contributed by atoms with van der Waals surface area (Å²) in [5.74, 6) is -1.45. The number of carbonyl (C=O) groups excluding carboxylic acids is 3. The first-order chi connectivity index (χ1) is 12.2. The van der Waals surface area contributed by atoms with Gasteiger partial charge < -0.3 is 10.1 Å². The van der Waals surface area contributed by atoms with Gasteiger partial charge in [-0.25, -0.2) is 4.79 Å². The van der Waals surface area contributed by atoms with Gasteiger partial charge in [0.15, 0.2) is 0 Å². The Balaban J connectivity index is 2.02. The van der Waals surface area contributed by atoms with Gasteiger partial charge in [0.05, 0.1) is 19.1 Å². The molecule has 0 aromatic heterocycles. The Morgan fingerprint density at radius 3 is 2.46 bits per heavy atom. The Kier molecular flexibility index (Phi) is 6.39. The minimum absolute atomic E-state index is 0.0344. The highest BCUT2D eigenvalue weighted by atomic mass is 19.4. The summed E-state index contributed by atoms with van der Waals surface area (Å²) in [4.78, 5) is 35.8. The fourth-order valence-electron chi connectivity index (χ4n) is 3.06. The smallest absolute Gasteiger partial charge is 0.416 e. The number of rotatable bonds is 5. The number of nitrogens with one attached hydrogen (secondary N) is 1. The second-order valence-electron chi connectivity index (χ2n) is 6.33. The molecule has 142 valence electrons. The zero-order valence-electron chi connectivity index (χ0n) is 14.3. The van der Waals surface area contributed by atoms with Crippen LogP contribution in [0.3, 0.4) is 0 Å². The second kappa shape index (κ2) is 8.33. The van der Waals surface area contributed by atoms with Crippen molar-refractivity contribution in [1.82, 2.24) is 5.32 Å². The Hall–Kier alpha value is -2.38. The van der Waals surface area contributed by atoms with Crippen molar-refractivity contribution in [2.45, 2.75) is 44.3 Å². The lowest BCUT2D eigenvalue weighted by Crippen LogP contribution is -2.48. The number of alkyl halides is 3. The van der Waals surface area contributed by atoms with E-state index in [0.717, 1.165) is 12.1 Å². The molecular weight excluding hydrogens is 351 g/mol. The number of halogens is 3. The van der Waals surface area contributed by atoms with Crippen LogP contribution in [0.25, 0.3) is 0 Å². The lowest BCUT2D eigenvalue weighted by Gasteiger charge is -2.28. The molecule has 2 atom stereocenters. The summed E-state index contributed by atoms with van der Waals surface area (Å²) >= 11 is 0. The summed E-state index contributed by atoms with van der Waals surface area (Å²) in [7, 11) is 1.20. The molecule has 0 bridgehead atoms. The number of methoxy groups -OCH3 is 1. The third-order valence-corrected chi connectivity index (χ3v) is 4.41. The quantitative estimate of drug-likeness (QED) is 0.808. The molecule has 1 N–H and O–H groups in total. The highest BCUT2D eigenvalue weighted by Crippen LogP contribution is 2.29. The predicted octanol–water partition coefficient (Wildman–Crippen LogP) is 2.67. The van der Waals surface area contributed by atoms with Crippen molar-refractivity contribution in [3.63, 3.8) is 0 Å². The lowest BCUT2D eigenvalue weighted by molar-refractivity contribution is -0.147. The minimum Gasteiger partial charge on any atom is -0.467 e. The van der Waals surface area contributed by atoms with E-state index in [1.165, 1.54) is 19.2 Å². The fourth-order valence-corrected chi connectivity index (χ4v) is 3.06. The lowest BCUT2D eigenvalue weighted by atomic mass is 9.83. The molecule has 0 spiro atoms. The van der Waals surface area contributed by atoms with Crippen LogP contribution in [0.5, 0.6) is 0 Å². The number of esters is 1. The van der Waals surface area contributed by atoms with Crippen LogP contribution in [-0.4, -0.2) is 30.8 Å². The van der Waals surface area contributed by atoms with Gasteiger partial charge >= 0.3 is 12.1 Å². The topological polar surface area (TPSA) is 72.5 Å². The maximum atomic E-state index is 12.6. The Labute approximate surface area is 148 Å². The monoisotopic (exact) mass is 371 g/mol. The Morgan fingerprint density at radius 1 is 1.27 bits per heavy atom. The van der Waals surface area contributed by atoms with Crippen LogP contribution in [0.1, 0.15) is 36.8 Å². The van der Waals surface area contributed by atoms with Gasteiger partial charge in [-0.2, -0.15) is 13.2 Å². The summed E-state index contributed by atoms with van der Waals surface area (Å²) < 4.78 is 42.4. The van der Waals surface area contributed by atoms with E-state index in [4.69, 9.17) is 4.74 Å². The van der Waals surface area contributed by atoms with E-state index in [1.807, 2.05) is 0 Å². The second-order valence-corrected chi connectivity index (χ2v) is 6.33. The van der Waals surface area contributed by atoms with Gasteiger partial charge in [0.25, 0.3) is 0 Å². The van der Waals surface area contributed by atoms with Crippen LogP contribution in [-0.2, 0) is 31.7 Å². The number of benzene rings is 1. The first kappa shape index (κ1) is 19.9. The van der Waals surface area contributed by atoms with Gasteiger partial charge in [0, 0.05) is 12.8 Å². The number of carbonyl (C=O) groups is 3. The number of hydrogen-bond donors (Lipinski definition) is 1. The van der Waals surface area contributed by atoms with Crippen LogP contribution in [0.15, 0.2) is 24.3 Å². The highest BCUT2D eigenvalue weighted by Gasteiger charge is 2.34. The summed E-state index contributed by atoms with van der Waals surface area (Å²) in [6.07, 6.45) is -2.70. The molecule has 1 fully saturated rings. The van der Waals surface area contributed by atoms with Crippen molar-refractivity contribution in [3.8, 4) is 0 Å². The molecule has 1 aromatic rings. The molecule has 0 heterocycles. The third kappa shape index (κ3) is 5.31. The third-order valence-electron chi connectivity index (χ3n) is 4.41. The standard InChI is InChI=1S/C18H20F3NO4/c1-26-17(25)16(12-3-2-4-14(23)10-12)22-15(24)9-11-5-7-13(8-6-11)18(19,20)21/h5-8,12,16H,2-4,9-10H2,1H3,(H,22,24)/t12-,16+/m0/s1. The summed E-state index contributed by atoms with van der Waals surface area (Å²) in [6.45, 7) is 0. The van der Waals surface area contributed by atoms with Crippen LogP contribution >= 0.6 is 0 Å². The Morgan fingerprint density at radius 2 is 1.92 bits per heavy atom. The van der Waals surface area contributed by atoms with Crippen LogP contribution < -0.4 is 5.32 Å². The van der Waals surface area contributed by atoms with Crippen LogP contribution in [0.4, 0.5) is 13.2 Å². The van der Waals surface area contributed by atoms with Gasteiger partial charge in [-0.3, -0.25) is 9.59 Å². The van der Waals surface area contributed by atoms with E-state index in [0.29, 0.717) is 24.8 Å². The van der Waals surface area contributed by atoms with Crippen molar-refractivity contribution < 1.29 is 32.3 Å². The van der Waals surface area contributed by atoms with Crippen molar-refractivity contribution in [2.75, 3.05) is 7.11 Å². The van der Waals surface area contributed by atoms with Crippen molar-refractivity contribution >= 4 is 17.7 Å². The number of ether oxygens (including phenoxy) is 1. The molecule has 1 saturated carbocycles. The van der Waals surface area contributed by atoms with Gasteiger partial charge in [-0.05, 0) is 36.5 Å². The molecule has 1 aliphatic carbocycles. The van der Waals surface area contributed by atoms with E-state index >= 15 is 0 Å². The molecular formula is C18H20F3NO4. The average molecular weight is 371 g/mol. The van der Waals surface area contributed by atoms with Gasteiger partial charge in [0.2, 0.25) is 5.91 Å². The molecule has 1 aromatic carbocycles. The van der Waals surface area contributed by atoms with Crippen molar-refractivity contribution in [1.29, 1.82) is 0 Å². The normalized spacial score (nSPS) is 18.9. The maximum Gasteiger partial charge on any atom is 0.416 e. The van der Waals surface area contributed by atoms with Gasteiger partial charge in [0.1, 0.15) is 11.8 Å². The van der Waals surface area contributed by atoms with E-state index in [1.54, 1.807) is 0 Å². The maximum absolute atomic E-state index is 12.6. The highest BCUT2D eigenvalue weighted by molar-refractivity contribution is 5.87. The fraction of sp³-hybridized carbons (Fsp3) is 0.500. The zero-order valence-corrected chi connectivity index (χ0v) is 14.3. The molecule has 5 nitrogen and oxygen atoms in total. The number of Topliss-reactive ketones (excluding diaryl/α,β-unsaturated/α-hetero) is 1. The van der Waals surface area contributed by atoms with Crippen molar-refractivity contribution in [2.24, 2.45) is 5.92 Å². The van der Waals surface area contributed by atoms with E-state index in [-0.39, 0.29) is 24.5 Å². The first-order valence-corrected chi connectivity index (χ1v) is 8.25. The van der Waals surface area contributed by atoms with E-state index < -0.39 is 29.7 Å².